The van der Waals surface area contributed by atoms with Gasteiger partial charge in [-0.15, -0.1) is 0 Å². The molecule has 216 valence electrons. The number of hydrogen-bond acceptors (Lipinski definition) is 6. The van der Waals surface area contributed by atoms with Crippen LogP contribution in [-0.4, -0.2) is 62.6 Å². The van der Waals surface area contributed by atoms with Gasteiger partial charge in [0, 0.05) is 24.2 Å². The number of benzene rings is 2. The number of rotatable bonds is 11. The number of nitrogens with two attached hydrogens (primary N) is 1. The summed E-state index contributed by atoms with van der Waals surface area (Å²) in [5.74, 6) is 0.665. The number of carbonyl (C=O) groups is 2. The molecular weight excluding hydrogens is 511 g/mol. The van der Waals surface area contributed by atoms with Crippen molar-refractivity contribution in [3.8, 4) is 5.75 Å². The van der Waals surface area contributed by atoms with Crippen LogP contribution in [-0.2, 0) is 22.4 Å². The van der Waals surface area contributed by atoms with E-state index in [1.54, 1.807) is 13.2 Å². The first-order valence-corrected chi connectivity index (χ1v) is 14.2. The van der Waals surface area contributed by atoms with E-state index in [0.29, 0.717) is 43.4 Å². The molecule has 0 bridgehead atoms. The molecule has 0 spiro atoms. The number of hydrogen-bond donors (Lipinski definition) is 2. The molecule has 2 fully saturated rings. The van der Waals surface area contributed by atoms with Crippen LogP contribution in [0.25, 0.3) is 0 Å². The Kier molecular flexibility index (Phi) is 10.1. The number of aliphatic imine (C=N–C) groups is 1. The lowest BCUT2D eigenvalue weighted by molar-refractivity contribution is -0.145. The number of carbonyl (C=O) groups excluding carboxylic acids is 2. The van der Waals surface area contributed by atoms with Gasteiger partial charge in [-0.1, -0.05) is 23.8 Å². The van der Waals surface area contributed by atoms with Gasteiger partial charge in [0.1, 0.15) is 11.6 Å². The van der Waals surface area contributed by atoms with Crippen molar-refractivity contribution in [3.05, 3.63) is 64.5 Å². The molecule has 0 aromatic heterocycles. The summed E-state index contributed by atoms with van der Waals surface area (Å²) in [5, 5.41) is 2.65. The lowest BCUT2D eigenvalue weighted by Gasteiger charge is -2.31. The van der Waals surface area contributed by atoms with Crippen LogP contribution in [0.2, 0.25) is 0 Å². The van der Waals surface area contributed by atoms with E-state index in [9.17, 15) is 14.0 Å². The van der Waals surface area contributed by atoms with Crippen LogP contribution in [0.15, 0.2) is 41.4 Å². The second-order valence-electron chi connectivity index (χ2n) is 10.9. The van der Waals surface area contributed by atoms with Crippen molar-refractivity contribution in [2.75, 3.05) is 39.9 Å². The number of aryl methyl sites for hydroxylation is 2. The van der Waals surface area contributed by atoms with E-state index in [4.69, 9.17) is 15.2 Å². The van der Waals surface area contributed by atoms with Crippen LogP contribution >= 0.6 is 0 Å². The Hall–Kier alpha value is -3.46. The van der Waals surface area contributed by atoms with E-state index < -0.39 is 11.7 Å². The fourth-order valence-corrected chi connectivity index (χ4v) is 5.51. The second kappa shape index (κ2) is 13.7. The summed E-state index contributed by atoms with van der Waals surface area (Å²) in [6.45, 7) is 7.64. The zero-order valence-electron chi connectivity index (χ0n) is 23.7. The summed E-state index contributed by atoms with van der Waals surface area (Å²) in [6.07, 6.45) is 3.76. The standard InChI is InChI=1S/C31H41FN4O4/c1-4-40-30(38)26-17-23(26)19-36-14-12-21(13-15-36)18-34-31(33)35-29(37)25-6-5-7-27(32)24(25)10-9-22-16-20(2)8-11-28(22)39-3/h5-8,11,16,21,23,26H,4,9-10,12-15,17-19H2,1-3H3,(H3,33,34,35,37)/t23-,26+/m1/s1. The van der Waals surface area contributed by atoms with Crippen LogP contribution < -0.4 is 15.8 Å². The average molecular weight is 553 g/mol. The molecule has 4 rings (SSSR count). The summed E-state index contributed by atoms with van der Waals surface area (Å²) >= 11 is 0. The summed E-state index contributed by atoms with van der Waals surface area (Å²) in [6, 6.07) is 10.4. The molecule has 1 saturated carbocycles. The highest BCUT2D eigenvalue weighted by Gasteiger charge is 2.45. The Morgan fingerprint density at radius 1 is 1.18 bits per heavy atom. The first kappa shape index (κ1) is 29.5. The Balaban J connectivity index is 1.26. The lowest BCUT2D eigenvalue weighted by Crippen LogP contribution is -2.39. The van der Waals surface area contributed by atoms with Gasteiger partial charge in [-0.05, 0) is 94.6 Å². The molecule has 1 amide bonds. The lowest BCUT2D eigenvalue weighted by atomic mass is 9.97. The predicted octanol–water partition coefficient (Wildman–Crippen LogP) is 3.88. The van der Waals surface area contributed by atoms with Gasteiger partial charge >= 0.3 is 5.97 Å². The maximum atomic E-state index is 14.8. The largest absolute Gasteiger partial charge is 0.496 e. The van der Waals surface area contributed by atoms with E-state index in [1.165, 1.54) is 12.1 Å². The maximum absolute atomic E-state index is 14.8. The summed E-state index contributed by atoms with van der Waals surface area (Å²) in [7, 11) is 1.61. The molecule has 3 N–H and O–H groups in total. The highest BCUT2D eigenvalue weighted by Crippen LogP contribution is 2.40. The summed E-state index contributed by atoms with van der Waals surface area (Å²) in [5.41, 5.74) is 8.69. The Morgan fingerprint density at radius 3 is 2.67 bits per heavy atom. The highest BCUT2D eigenvalue weighted by molar-refractivity contribution is 6.06. The zero-order valence-corrected chi connectivity index (χ0v) is 23.7. The zero-order chi connectivity index (χ0) is 28.6. The van der Waals surface area contributed by atoms with Crippen LogP contribution in [0.1, 0.15) is 53.2 Å². The van der Waals surface area contributed by atoms with E-state index in [2.05, 4.69) is 15.2 Å². The molecule has 0 radical (unpaired) electrons. The highest BCUT2D eigenvalue weighted by atomic mass is 19.1. The Morgan fingerprint density at radius 2 is 1.95 bits per heavy atom. The minimum absolute atomic E-state index is 0.0400. The molecule has 1 heterocycles. The third kappa shape index (κ3) is 7.81. The Bertz CT molecular complexity index is 1230. The van der Waals surface area contributed by atoms with E-state index in [1.807, 2.05) is 32.0 Å². The van der Waals surface area contributed by atoms with E-state index in [0.717, 1.165) is 55.8 Å². The van der Waals surface area contributed by atoms with Gasteiger partial charge in [-0.3, -0.25) is 19.9 Å². The van der Waals surface area contributed by atoms with Gasteiger partial charge in [-0.2, -0.15) is 0 Å². The first-order chi connectivity index (χ1) is 19.3. The number of guanidine groups is 1. The first-order valence-electron chi connectivity index (χ1n) is 14.2. The number of nitrogens with one attached hydrogen (secondary N) is 1. The molecular formula is C31H41FN4O4. The van der Waals surface area contributed by atoms with E-state index >= 15 is 0 Å². The van der Waals surface area contributed by atoms with Crippen molar-refractivity contribution in [1.82, 2.24) is 10.2 Å². The van der Waals surface area contributed by atoms with Gasteiger partial charge in [0.05, 0.1) is 19.6 Å². The number of amides is 1. The molecule has 2 aliphatic rings. The minimum atomic E-state index is -0.470. The molecule has 0 unspecified atom stereocenters. The van der Waals surface area contributed by atoms with Crippen molar-refractivity contribution in [2.45, 2.75) is 46.0 Å². The van der Waals surface area contributed by atoms with Gasteiger partial charge < -0.3 is 20.1 Å². The average Bonchev–Trinajstić information content (AvgIpc) is 3.71. The number of esters is 1. The van der Waals surface area contributed by atoms with Crippen molar-refractivity contribution in [3.63, 3.8) is 0 Å². The fraction of sp³-hybridized carbons (Fsp3) is 0.516. The quantitative estimate of drug-likeness (QED) is 0.249. The fourth-order valence-electron chi connectivity index (χ4n) is 5.51. The molecule has 1 saturated heterocycles. The van der Waals surface area contributed by atoms with Gasteiger partial charge in [0.2, 0.25) is 0 Å². The smallest absolute Gasteiger partial charge is 0.309 e. The molecule has 8 nitrogen and oxygen atoms in total. The SMILES string of the molecule is CCOC(=O)[C@H]1C[C@@H]1CN1CCC(CN=C(N)NC(=O)c2cccc(F)c2CCc2cc(C)ccc2OC)CC1. The number of halogens is 1. The molecule has 1 aliphatic carbocycles. The number of piperidine rings is 1. The van der Waals surface area contributed by atoms with Crippen LogP contribution in [0.3, 0.4) is 0 Å². The molecule has 2 aromatic carbocycles. The summed E-state index contributed by atoms with van der Waals surface area (Å²) in [4.78, 5) is 31.7. The van der Waals surface area contributed by atoms with Crippen LogP contribution in [0.4, 0.5) is 4.39 Å². The minimum Gasteiger partial charge on any atom is -0.496 e. The number of methoxy groups -OCH3 is 1. The third-order valence-corrected chi connectivity index (χ3v) is 7.92. The van der Waals surface area contributed by atoms with Crippen molar-refractivity contribution in [2.24, 2.45) is 28.5 Å². The van der Waals surface area contributed by atoms with Crippen LogP contribution in [0, 0.1) is 30.5 Å². The van der Waals surface area contributed by atoms with Crippen LogP contribution in [0.5, 0.6) is 5.75 Å². The van der Waals surface area contributed by atoms with Gasteiger partial charge in [-0.25, -0.2) is 4.39 Å². The van der Waals surface area contributed by atoms with E-state index in [-0.39, 0.29) is 23.4 Å². The number of ether oxygens (including phenoxy) is 2. The maximum Gasteiger partial charge on any atom is 0.309 e. The van der Waals surface area contributed by atoms with Crippen molar-refractivity contribution < 1.29 is 23.5 Å². The summed E-state index contributed by atoms with van der Waals surface area (Å²) < 4.78 is 25.4. The second-order valence-corrected chi connectivity index (χ2v) is 10.9. The van der Waals surface area contributed by atoms with Gasteiger partial charge in [0.25, 0.3) is 5.91 Å². The monoisotopic (exact) mass is 552 g/mol. The number of nitrogens with zero attached hydrogens (tertiary/aromatic N) is 2. The van der Waals surface area contributed by atoms with Gasteiger partial charge in [0.15, 0.2) is 5.96 Å². The molecule has 9 heteroatoms. The normalized spacial score (nSPS) is 19.8. The molecule has 1 aliphatic heterocycles. The predicted molar refractivity (Wildman–Crippen MR) is 153 cm³/mol. The Labute approximate surface area is 236 Å². The third-order valence-electron chi connectivity index (χ3n) is 7.92. The van der Waals surface area contributed by atoms with Crippen molar-refractivity contribution >= 4 is 17.8 Å². The topological polar surface area (TPSA) is 106 Å². The molecule has 40 heavy (non-hydrogen) atoms. The molecule has 2 aromatic rings. The molecule has 2 atom stereocenters. The van der Waals surface area contributed by atoms with Crippen molar-refractivity contribution in [1.29, 1.82) is 0 Å². The number of likely N-dealkylation sites (tertiary alicyclic amines) is 1.